The Bertz CT molecular complexity index is 1050. The van der Waals surface area contributed by atoms with E-state index >= 15 is 0 Å². The van der Waals surface area contributed by atoms with Crippen LogP contribution in [-0.4, -0.2) is 65.0 Å². The van der Waals surface area contributed by atoms with Gasteiger partial charge in [-0.05, 0) is 38.3 Å². The van der Waals surface area contributed by atoms with Crippen LogP contribution in [0.3, 0.4) is 0 Å². The number of rotatable bonds is 8. The molecule has 1 aliphatic rings. The molecule has 4 heterocycles. The lowest BCUT2D eigenvalue weighted by atomic mass is 9.76. The van der Waals surface area contributed by atoms with Gasteiger partial charge in [0, 0.05) is 46.3 Å². The summed E-state index contributed by atoms with van der Waals surface area (Å²) in [6.07, 6.45) is 5.63. The Balaban J connectivity index is 1.63. The predicted octanol–water partition coefficient (Wildman–Crippen LogP) is 2.78. The van der Waals surface area contributed by atoms with Crippen LogP contribution >= 0.6 is 0 Å². The van der Waals surface area contributed by atoms with Crippen LogP contribution in [0.15, 0.2) is 33.6 Å². The zero-order valence-corrected chi connectivity index (χ0v) is 18.5. The summed E-state index contributed by atoms with van der Waals surface area (Å²) in [6, 6.07) is 3.69. The third-order valence-electron chi connectivity index (χ3n) is 5.93. The second-order valence-electron chi connectivity index (χ2n) is 8.02. The van der Waals surface area contributed by atoms with Gasteiger partial charge in [-0.15, -0.1) is 0 Å². The van der Waals surface area contributed by atoms with Crippen molar-refractivity contribution in [3.05, 3.63) is 47.4 Å². The van der Waals surface area contributed by atoms with E-state index in [0.29, 0.717) is 49.2 Å². The Labute approximate surface area is 185 Å². The van der Waals surface area contributed by atoms with E-state index in [-0.39, 0.29) is 18.2 Å². The molecule has 0 spiro atoms. The van der Waals surface area contributed by atoms with Crippen LogP contribution in [0.4, 0.5) is 0 Å². The highest BCUT2D eigenvalue weighted by Crippen LogP contribution is 2.37. The summed E-state index contributed by atoms with van der Waals surface area (Å²) in [5, 5.41) is 8.31. The lowest BCUT2D eigenvalue weighted by Gasteiger charge is -2.40. The monoisotopic (exact) mass is 441 g/mol. The van der Waals surface area contributed by atoms with Gasteiger partial charge in [0.15, 0.2) is 11.5 Å². The second-order valence-corrected chi connectivity index (χ2v) is 8.02. The highest BCUT2D eigenvalue weighted by atomic mass is 16.5. The first-order valence-corrected chi connectivity index (χ1v) is 10.5. The van der Waals surface area contributed by atoms with Crippen molar-refractivity contribution < 1.29 is 23.3 Å². The minimum atomic E-state index is -0.492. The molecule has 32 heavy (non-hydrogen) atoms. The third-order valence-corrected chi connectivity index (χ3v) is 5.93. The number of carbonyl (C=O) groups excluding carboxylic acids is 1. The molecule has 0 bridgehead atoms. The first-order chi connectivity index (χ1) is 15.6. The number of aromatic nitrogens is 4. The fourth-order valence-corrected chi connectivity index (χ4v) is 4.17. The Morgan fingerprint density at radius 2 is 2.12 bits per heavy atom. The molecule has 4 rings (SSSR count). The van der Waals surface area contributed by atoms with E-state index in [1.807, 2.05) is 12.1 Å². The number of hydrogen-bond donors (Lipinski definition) is 0. The van der Waals surface area contributed by atoms with E-state index in [1.165, 1.54) is 0 Å². The number of methoxy groups -OCH3 is 2. The number of ether oxygens (including phenoxy) is 2. The van der Waals surface area contributed by atoms with Gasteiger partial charge in [0.2, 0.25) is 0 Å². The highest BCUT2D eigenvalue weighted by molar-refractivity contribution is 5.94. The summed E-state index contributed by atoms with van der Waals surface area (Å²) in [5.74, 6) is 1.37. The Kier molecular flexibility index (Phi) is 6.61. The minimum absolute atomic E-state index is 0.189. The van der Waals surface area contributed by atoms with E-state index in [1.54, 1.807) is 38.4 Å². The van der Waals surface area contributed by atoms with Gasteiger partial charge in [-0.1, -0.05) is 10.3 Å². The largest absolute Gasteiger partial charge is 0.385 e. The van der Waals surface area contributed by atoms with Crippen molar-refractivity contribution in [2.45, 2.75) is 38.2 Å². The van der Waals surface area contributed by atoms with Crippen LogP contribution in [0.25, 0.3) is 11.5 Å². The molecule has 0 aliphatic carbocycles. The van der Waals surface area contributed by atoms with Crippen LogP contribution in [0, 0.1) is 6.92 Å². The molecule has 1 saturated heterocycles. The number of hydrogen-bond acceptors (Lipinski definition) is 9. The second kappa shape index (κ2) is 9.58. The molecule has 0 saturated carbocycles. The molecule has 1 atom stereocenters. The topological polar surface area (TPSA) is 117 Å². The molecule has 1 unspecified atom stereocenters. The van der Waals surface area contributed by atoms with E-state index in [2.05, 4.69) is 20.3 Å². The molecular weight excluding hydrogens is 414 g/mol. The highest BCUT2D eigenvalue weighted by Gasteiger charge is 2.43. The number of piperidine rings is 1. The standard InChI is InChI=1S/C22H27N5O5/c1-15-17(13-30-3)18(25-31-15)20(28)27-10-5-7-22(14-27,8-11-29-2)21-24-19(32-26-21)16-6-4-9-23-12-16/h4,6,9,12H,5,7-8,10-11,13-14H2,1-3H3. The van der Waals surface area contributed by atoms with Crippen molar-refractivity contribution in [1.82, 2.24) is 25.2 Å². The average Bonchev–Trinajstić information content (AvgIpc) is 3.46. The average molecular weight is 441 g/mol. The number of likely N-dealkylation sites (tertiary alicyclic amines) is 1. The molecule has 0 radical (unpaired) electrons. The van der Waals surface area contributed by atoms with Gasteiger partial charge in [0.05, 0.1) is 23.1 Å². The number of carbonyl (C=O) groups is 1. The summed E-state index contributed by atoms with van der Waals surface area (Å²) < 4.78 is 21.4. The van der Waals surface area contributed by atoms with Crippen LogP contribution in [0.2, 0.25) is 0 Å². The number of nitrogens with zero attached hydrogens (tertiary/aromatic N) is 5. The van der Waals surface area contributed by atoms with Crippen molar-refractivity contribution in [2.24, 2.45) is 0 Å². The summed E-state index contributed by atoms with van der Waals surface area (Å²) in [6.45, 7) is 3.59. The van der Waals surface area contributed by atoms with Gasteiger partial charge in [0.1, 0.15) is 5.76 Å². The lowest BCUT2D eigenvalue weighted by Crippen LogP contribution is -2.49. The van der Waals surface area contributed by atoms with Gasteiger partial charge in [-0.2, -0.15) is 4.98 Å². The summed E-state index contributed by atoms with van der Waals surface area (Å²) in [5.41, 5.74) is 1.22. The van der Waals surface area contributed by atoms with Gasteiger partial charge in [-0.3, -0.25) is 9.78 Å². The lowest BCUT2D eigenvalue weighted by molar-refractivity contribution is 0.0554. The summed E-state index contributed by atoms with van der Waals surface area (Å²) in [7, 11) is 3.24. The maximum atomic E-state index is 13.4. The van der Waals surface area contributed by atoms with Crippen molar-refractivity contribution >= 4 is 5.91 Å². The van der Waals surface area contributed by atoms with Crippen molar-refractivity contribution in [3.8, 4) is 11.5 Å². The van der Waals surface area contributed by atoms with Crippen molar-refractivity contribution in [2.75, 3.05) is 33.9 Å². The molecule has 10 heteroatoms. The maximum absolute atomic E-state index is 13.4. The zero-order chi connectivity index (χ0) is 22.6. The SMILES string of the molecule is COCCC1(c2noc(-c3cccnc3)n2)CCCN(C(=O)c2noc(C)c2COC)C1. The number of aryl methyl sites for hydroxylation is 1. The van der Waals surface area contributed by atoms with Gasteiger partial charge >= 0.3 is 0 Å². The van der Waals surface area contributed by atoms with Crippen LogP contribution in [-0.2, 0) is 21.5 Å². The minimum Gasteiger partial charge on any atom is -0.385 e. The molecule has 10 nitrogen and oxygen atoms in total. The summed E-state index contributed by atoms with van der Waals surface area (Å²) in [4.78, 5) is 24.0. The fraction of sp³-hybridized carbons (Fsp3) is 0.500. The molecular formula is C22H27N5O5. The smallest absolute Gasteiger partial charge is 0.276 e. The zero-order valence-electron chi connectivity index (χ0n) is 18.5. The van der Waals surface area contributed by atoms with E-state index in [0.717, 1.165) is 18.4 Å². The molecule has 3 aromatic rings. The van der Waals surface area contributed by atoms with Gasteiger partial charge < -0.3 is 23.4 Å². The first-order valence-electron chi connectivity index (χ1n) is 10.5. The Hall–Kier alpha value is -3.11. The van der Waals surface area contributed by atoms with Crippen molar-refractivity contribution in [1.29, 1.82) is 0 Å². The maximum Gasteiger partial charge on any atom is 0.276 e. The molecule has 1 amide bonds. The van der Waals surface area contributed by atoms with E-state index in [9.17, 15) is 4.79 Å². The Morgan fingerprint density at radius 1 is 1.25 bits per heavy atom. The normalized spacial score (nSPS) is 18.8. The van der Waals surface area contributed by atoms with Gasteiger partial charge in [-0.25, -0.2) is 0 Å². The first kappa shape index (κ1) is 22.1. The molecule has 0 N–H and O–H groups in total. The molecule has 1 aliphatic heterocycles. The Morgan fingerprint density at radius 3 is 2.88 bits per heavy atom. The number of pyridine rings is 1. The van der Waals surface area contributed by atoms with Gasteiger partial charge in [0.25, 0.3) is 11.8 Å². The van der Waals surface area contributed by atoms with E-state index < -0.39 is 5.41 Å². The van der Waals surface area contributed by atoms with Crippen LogP contribution in [0.1, 0.15) is 46.9 Å². The molecule has 170 valence electrons. The third kappa shape index (κ3) is 4.28. The molecule has 3 aromatic heterocycles. The molecule has 0 aromatic carbocycles. The van der Waals surface area contributed by atoms with Crippen LogP contribution in [0.5, 0.6) is 0 Å². The quantitative estimate of drug-likeness (QED) is 0.520. The predicted molar refractivity (Wildman–Crippen MR) is 113 cm³/mol. The number of amides is 1. The van der Waals surface area contributed by atoms with E-state index in [4.69, 9.17) is 18.5 Å². The summed E-state index contributed by atoms with van der Waals surface area (Å²) >= 11 is 0. The van der Waals surface area contributed by atoms with Crippen molar-refractivity contribution in [3.63, 3.8) is 0 Å². The fourth-order valence-electron chi connectivity index (χ4n) is 4.17. The molecule has 1 fully saturated rings. The van der Waals surface area contributed by atoms with Crippen LogP contribution < -0.4 is 0 Å².